The Kier molecular flexibility index (Phi) is 11.6. The highest BCUT2D eigenvalue weighted by molar-refractivity contribution is 6.55. The Bertz CT molecular complexity index is 59.6. The highest BCUT2D eigenvalue weighted by Gasteiger charge is 1.93. The first kappa shape index (κ1) is 12.8. The van der Waals surface area contributed by atoms with Crippen LogP contribution in [0.2, 0.25) is 19.1 Å². The van der Waals surface area contributed by atoms with Gasteiger partial charge in [-0.15, -0.1) is 0 Å². The van der Waals surface area contributed by atoms with Gasteiger partial charge in [0.2, 0.25) is 0 Å². The van der Waals surface area contributed by atoms with E-state index in [4.69, 9.17) is 4.74 Å². The molecule has 64 valence electrons. The van der Waals surface area contributed by atoms with E-state index in [0.717, 1.165) is 6.61 Å². The smallest absolute Gasteiger partial charge is 0.0462 e. The first-order valence-corrected chi connectivity index (χ1v) is 6.89. The van der Waals surface area contributed by atoms with E-state index >= 15 is 0 Å². The third kappa shape index (κ3) is 11.0. The van der Waals surface area contributed by atoms with E-state index in [9.17, 15) is 0 Å². The van der Waals surface area contributed by atoms with Gasteiger partial charge in [-0.2, -0.15) is 0 Å². The average molecular weight is 166 g/mol. The van der Waals surface area contributed by atoms with Crippen LogP contribution in [-0.2, 0) is 4.74 Å². The standard InChI is InChI=1S/C7H18OSi.FH/c1-8-6-4-5-7-9(2)3;/h9H,4-7H2,1-3H3;1H. The van der Waals surface area contributed by atoms with Crippen molar-refractivity contribution in [2.24, 2.45) is 0 Å². The largest absolute Gasteiger partial charge is 0.385 e. The lowest BCUT2D eigenvalue weighted by atomic mass is 10.4. The summed E-state index contributed by atoms with van der Waals surface area (Å²) in [4.78, 5) is 0. The summed E-state index contributed by atoms with van der Waals surface area (Å²) in [6.07, 6.45) is 2.62. The van der Waals surface area contributed by atoms with Crippen molar-refractivity contribution in [3.63, 3.8) is 0 Å². The Hall–Kier alpha value is 0.107. The Morgan fingerprint density at radius 3 is 2.20 bits per heavy atom. The van der Waals surface area contributed by atoms with Crippen molar-refractivity contribution >= 4 is 8.80 Å². The number of ether oxygens (including phenoxy) is 1. The summed E-state index contributed by atoms with van der Waals surface area (Å²) in [5.41, 5.74) is 0. The molecule has 0 aliphatic rings. The number of halogens is 1. The molecule has 0 saturated heterocycles. The van der Waals surface area contributed by atoms with Gasteiger partial charge in [-0.1, -0.05) is 25.6 Å². The zero-order chi connectivity index (χ0) is 7.11. The normalized spacial score (nSPS) is 9.60. The summed E-state index contributed by atoms with van der Waals surface area (Å²) in [5, 5.41) is 0. The van der Waals surface area contributed by atoms with Gasteiger partial charge in [-0.05, 0) is 6.42 Å². The van der Waals surface area contributed by atoms with Gasteiger partial charge in [0, 0.05) is 22.5 Å². The number of hydrogen-bond donors (Lipinski definition) is 0. The summed E-state index contributed by atoms with van der Waals surface area (Å²) in [6.45, 7) is 5.74. The molecule has 0 aromatic carbocycles. The Morgan fingerprint density at radius 2 is 1.80 bits per heavy atom. The summed E-state index contributed by atoms with van der Waals surface area (Å²) in [7, 11) is 1.50. The molecule has 0 radical (unpaired) electrons. The topological polar surface area (TPSA) is 9.23 Å². The maximum absolute atomic E-state index is 4.94. The van der Waals surface area contributed by atoms with Gasteiger partial charge in [0.1, 0.15) is 0 Å². The molecule has 0 fully saturated rings. The first-order valence-electron chi connectivity index (χ1n) is 3.76. The third-order valence-corrected chi connectivity index (χ3v) is 2.94. The molecule has 10 heavy (non-hydrogen) atoms. The van der Waals surface area contributed by atoms with Gasteiger partial charge < -0.3 is 4.74 Å². The molecule has 0 heterocycles. The van der Waals surface area contributed by atoms with Crippen LogP contribution in [0.4, 0.5) is 4.70 Å². The highest BCUT2D eigenvalue weighted by atomic mass is 28.3. The summed E-state index contributed by atoms with van der Waals surface area (Å²) < 4.78 is 4.94. The lowest BCUT2D eigenvalue weighted by Gasteiger charge is -2.00. The van der Waals surface area contributed by atoms with E-state index in [1.54, 1.807) is 7.11 Å². The van der Waals surface area contributed by atoms with Crippen LogP contribution in [0, 0.1) is 0 Å². The molecule has 0 aliphatic heterocycles. The molecule has 0 rings (SSSR count). The number of rotatable bonds is 5. The Balaban J connectivity index is 0. The maximum Gasteiger partial charge on any atom is 0.0462 e. The fourth-order valence-electron chi connectivity index (χ4n) is 0.799. The van der Waals surface area contributed by atoms with Crippen LogP contribution in [0.15, 0.2) is 0 Å². The van der Waals surface area contributed by atoms with Crippen molar-refractivity contribution in [2.75, 3.05) is 13.7 Å². The summed E-state index contributed by atoms with van der Waals surface area (Å²) >= 11 is 0. The molecule has 3 heteroatoms. The monoisotopic (exact) mass is 166 g/mol. The number of methoxy groups -OCH3 is 1. The maximum atomic E-state index is 4.94. The van der Waals surface area contributed by atoms with Crippen molar-refractivity contribution < 1.29 is 9.44 Å². The lowest BCUT2D eigenvalue weighted by Crippen LogP contribution is -1.99. The zero-order valence-electron chi connectivity index (χ0n) is 7.22. The second-order valence-corrected chi connectivity index (χ2v) is 6.25. The lowest BCUT2D eigenvalue weighted by molar-refractivity contribution is 0.194. The van der Waals surface area contributed by atoms with E-state index < -0.39 is 0 Å². The van der Waals surface area contributed by atoms with Crippen molar-refractivity contribution in [2.45, 2.75) is 32.0 Å². The molecule has 1 nitrogen and oxygen atoms in total. The molecule has 0 aliphatic carbocycles. The fraction of sp³-hybridized carbons (Fsp3) is 1.00. The molecule has 0 unspecified atom stereocenters. The molecule has 0 N–H and O–H groups in total. The molecular weight excluding hydrogens is 147 g/mol. The van der Waals surface area contributed by atoms with Crippen molar-refractivity contribution in [1.82, 2.24) is 0 Å². The highest BCUT2D eigenvalue weighted by Crippen LogP contribution is 2.00. The fourth-order valence-corrected chi connectivity index (χ4v) is 1.90. The van der Waals surface area contributed by atoms with E-state index in [0.29, 0.717) is 0 Å². The van der Waals surface area contributed by atoms with E-state index in [1.165, 1.54) is 18.9 Å². The van der Waals surface area contributed by atoms with Crippen LogP contribution in [-0.4, -0.2) is 22.5 Å². The molecule has 0 atom stereocenters. The molecule has 0 aromatic rings. The van der Waals surface area contributed by atoms with Crippen LogP contribution < -0.4 is 0 Å². The molecule has 0 aromatic heterocycles. The quantitative estimate of drug-likeness (QED) is 0.449. The number of hydrogen-bond acceptors (Lipinski definition) is 1. The van der Waals surface area contributed by atoms with Crippen molar-refractivity contribution in [3.05, 3.63) is 0 Å². The Labute approximate surface area is 64.7 Å². The molecule has 0 saturated carbocycles. The van der Waals surface area contributed by atoms with E-state index in [-0.39, 0.29) is 13.5 Å². The molecule has 0 bridgehead atoms. The summed E-state index contributed by atoms with van der Waals surface area (Å²) in [6, 6.07) is 1.48. The number of unbranched alkanes of at least 4 members (excludes halogenated alkanes) is 1. The second kappa shape index (κ2) is 9.11. The average Bonchev–Trinajstić information content (AvgIpc) is 1.80. The van der Waals surface area contributed by atoms with Crippen LogP contribution in [0.25, 0.3) is 0 Å². The van der Waals surface area contributed by atoms with Crippen LogP contribution in [0.1, 0.15) is 12.8 Å². The van der Waals surface area contributed by atoms with E-state index in [1.807, 2.05) is 0 Å². The minimum atomic E-state index is -0.269. The van der Waals surface area contributed by atoms with Gasteiger partial charge in [0.05, 0.1) is 0 Å². The van der Waals surface area contributed by atoms with Crippen LogP contribution in [0.3, 0.4) is 0 Å². The van der Waals surface area contributed by atoms with Gasteiger partial charge in [-0.3, -0.25) is 4.70 Å². The van der Waals surface area contributed by atoms with Gasteiger partial charge in [0.15, 0.2) is 0 Å². The van der Waals surface area contributed by atoms with Crippen molar-refractivity contribution in [1.29, 1.82) is 0 Å². The van der Waals surface area contributed by atoms with E-state index in [2.05, 4.69) is 13.1 Å². The first-order chi connectivity index (χ1) is 4.27. The summed E-state index contributed by atoms with van der Waals surface area (Å²) in [5.74, 6) is 0. The van der Waals surface area contributed by atoms with Gasteiger partial charge in [0.25, 0.3) is 0 Å². The minimum absolute atomic E-state index is 0. The SMILES string of the molecule is COCCCC[SiH](C)C.F. The van der Waals surface area contributed by atoms with Crippen LogP contribution in [0.5, 0.6) is 0 Å². The zero-order valence-corrected chi connectivity index (χ0v) is 8.38. The molecule has 0 amide bonds. The predicted octanol–water partition coefficient (Wildman–Crippen LogP) is 2.05. The third-order valence-electron chi connectivity index (χ3n) is 1.38. The molecule has 0 spiro atoms. The van der Waals surface area contributed by atoms with Crippen molar-refractivity contribution in [3.8, 4) is 0 Å². The van der Waals surface area contributed by atoms with Gasteiger partial charge >= 0.3 is 0 Å². The minimum Gasteiger partial charge on any atom is -0.385 e. The van der Waals surface area contributed by atoms with Crippen LogP contribution >= 0.6 is 0 Å². The Morgan fingerprint density at radius 1 is 1.20 bits per heavy atom. The second-order valence-electron chi connectivity index (χ2n) is 2.88. The molecular formula is C7H19FOSi. The van der Waals surface area contributed by atoms with Gasteiger partial charge in [-0.25, -0.2) is 0 Å². The predicted molar refractivity (Wildman–Crippen MR) is 47.3 cm³/mol.